The highest BCUT2D eigenvalue weighted by molar-refractivity contribution is 5.69. The second-order valence-corrected chi connectivity index (χ2v) is 5.38. The van der Waals surface area contributed by atoms with Crippen molar-refractivity contribution >= 4 is 12.0 Å². The van der Waals surface area contributed by atoms with Gasteiger partial charge in [-0.1, -0.05) is 44.2 Å². The number of esters is 1. The molecule has 1 unspecified atom stereocenters. The fourth-order valence-corrected chi connectivity index (χ4v) is 2.86. The summed E-state index contributed by atoms with van der Waals surface area (Å²) in [4.78, 5) is 11.3. The van der Waals surface area contributed by atoms with Gasteiger partial charge in [-0.3, -0.25) is 4.79 Å². The third kappa shape index (κ3) is 3.06. The van der Waals surface area contributed by atoms with Crippen molar-refractivity contribution in [2.45, 2.75) is 40.0 Å². The Labute approximate surface area is 115 Å². The van der Waals surface area contributed by atoms with Crippen LogP contribution >= 0.6 is 0 Å². The van der Waals surface area contributed by atoms with Gasteiger partial charge in [0.1, 0.15) is 5.76 Å². The second-order valence-electron chi connectivity index (χ2n) is 5.38. The van der Waals surface area contributed by atoms with E-state index >= 15 is 0 Å². The van der Waals surface area contributed by atoms with Crippen LogP contribution in [0.5, 0.6) is 0 Å². The molecule has 102 valence electrons. The van der Waals surface area contributed by atoms with E-state index in [1.54, 1.807) is 0 Å². The normalized spacial score (nSPS) is 21.0. The van der Waals surface area contributed by atoms with E-state index in [2.05, 4.69) is 13.8 Å². The maximum Gasteiger partial charge on any atom is 0.307 e. The van der Waals surface area contributed by atoms with Gasteiger partial charge in [0, 0.05) is 12.8 Å². The van der Waals surface area contributed by atoms with Gasteiger partial charge in [-0.25, -0.2) is 0 Å². The summed E-state index contributed by atoms with van der Waals surface area (Å²) in [5.41, 5.74) is 1.43. The van der Waals surface area contributed by atoms with Gasteiger partial charge in [-0.2, -0.15) is 0 Å². The van der Waals surface area contributed by atoms with Crippen molar-refractivity contribution in [3.63, 3.8) is 0 Å². The van der Waals surface area contributed by atoms with Gasteiger partial charge in [-0.15, -0.1) is 0 Å². The number of carbonyl (C=O) groups excluding carboxylic acids is 1. The lowest BCUT2D eigenvalue weighted by atomic mass is 9.96. The van der Waals surface area contributed by atoms with Crippen LogP contribution in [0, 0.1) is 11.3 Å². The summed E-state index contributed by atoms with van der Waals surface area (Å²) in [6, 6.07) is 10.0. The summed E-state index contributed by atoms with van der Waals surface area (Å²) in [5, 5.41) is 0. The van der Waals surface area contributed by atoms with Crippen molar-refractivity contribution in [2.24, 2.45) is 11.3 Å². The molecule has 0 heterocycles. The SMILES string of the molecule is CCC1(CC)CC1/C(=C/c1ccccc1)OC(C)=O. The molecule has 0 amide bonds. The number of benzene rings is 1. The van der Waals surface area contributed by atoms with Crippen LogP contribution in [0.3, 0.4) is 0 Å². The monoisotopic (exact) mass is 258 g/mol. The molecule has 2 heteroatoms. The lowest BCUT2D eigenvalue weighted by Crippen LogP contribution is -2.07. The van der Waals surface area contributed by atoms with Crippen LogP contribution < -0.4 is 0 Å². The summed E-state index contributed by atoms with van der Waals surface area (Å²) >= 11 is 0. The maximum atomic E-state index is 11.3. The first-order valence-corrected chi connectivity index (χ1v) is 7.06. The number of hydrogen-bond acceptors (Lipinski definition) is 2. The molecule has 1 aliphatic carbocycles. The zero-order valence-corrected chi connectivity index (χ0v) is 12.0. The molecule has 0 N–H and O–H groups in total. The van der Waals surface area contributed by atoms with Crippen LogP contribution in [0.15, 0.2) is 36.1 Å². The van der Waals surface area contributed by atoms with E-state index in [9.17, 15) is 4.79 Å². The summed E-state index contributed by atoms with van der Waals surface area (Å²) in [6.45, 7) is 5.91. The Hall–Kier alpha value is -1.57. The molecule has 0 aromatic heterocycles. The van der Waals surface area contributed by atoms with Crippen LogP contribution in [0.2, 0.25) is 0 Å². The van der Waals surface area contributed by atoms with Crippen LogP contribution in [0.4, 0.5) is 0 Å². The molecule has 2 rings (SSSR count). The predicted molar refractivity (Wildman–Crippen MR) is 77.3 cm³/mol. The molecule has 2 nitrogen and oxygen atoms in total. The highest BCUT2D eigenvalue weighted by atomic mass is 16.5. The Morgan fingerprint density at radius 2 is 1.95 bits per heavy atom. The topological polar surface area (TPSA) is 26.3 Å². The van der Waals surface area contributed by atoms with Crippen molar-refractivity contribution in [3.05, 3.63) is 41.7 Å². The largest absolute Gasteiger partial charge is 0.431 e. The lowest BCUT2D eigenvalue weighted by Gasteiger charge is -2.14. The Kier molecular flexibility index (Phi) is 4.08. The number of carbonyl (C=O) groups is 1. The smallest absolute Gasteiger partial charge is 0.307 e. The molecule has 1 saturated carbocycles. The van der Waals surface area contributed by atoms with E-state index in [1.807, 2.05) is 36.4 Å². The minimum Gasteiger partial charge on any atom is -0.431 e. The van der Waals surface area contributed by atoms with Gasteiger partial charge in [-0.05, 0) is 36.3 Å². The fourth-order valence-electron chi connectivity index (χ4n) is 2.86. The van der Waals surface area contributed by atoms with E-state index in [-0.39, 0.29) is 5.97 Å². The van der Waals surface area contributed by atoms with E-state index in [0.717, 1.165) is 30.6 Å². The fraction of sp³-hybridized carbons (Fsp3) is 0.471. The van der Waals surface area contributed by atoms with Crippen LogP contribution in [-0.4, -0.2) is 5.97 Å². The average Bonchev–Trinajstić information content (AvgIpc) is 3.14. The minimum atomic E-state index is -0.227. The zero-order chi connectivity index (χ0) is 13.9. The first-order valence-electron chi connectivity index (χ1n) is 7.06. The van der Waals surface area contributed by atoms with E-state index in [4.69, 9.17) is 4.74 Å². The maximum absolute atomic E-state index is 11.3. The van der Waals surface area contributed by atoms with Gasteiger partial charge < -0.3 is 4.74 Å². The number of allylic oxidation sites excluding steroid dienone is 1. The Morgan fingerprint density at radius 3 is 2.42 bits per heavy atom. The van der Waals surface area contributed by atoms with Crippen LogP contribution in [-0.2, 0) is 9.53 Å². The molecule has 1 atom stereocenters. The highest BCUT2D eigenvalue weighted by Crippen LogP contribution is 2.61. The number of hydrogen-bond donors (Lipinski definition) is 0. The molecule has 1 aromatic rings. The second kappa shape index (κ2) is 5.60. The number of ether oxygens (including phenoxy) is 1. The molecule has 1 aliphatic rings. The van der Waals surface area contributed by atoms with Gasteiger partial charge in [0.25, 0.3) is 0 Å². The van der Waals surface area contributed by atoms with Crippen molar-refractivity contribution in [3.8, 4) is 0 Å². The van der Waals surface area contributed by atoms with Crippen LogP contribution in [0.25, 0.3) is 6.08 Å². The molecule has 0 bridgehead atoms. The Morgan fingerprint density at radius 1 is 1.32 bits per heavy atom. The van der Waals surface area contributed by atoms with Gasteiger partial charge in [0.2, 0.25) is 0 Å². The molecular weight excluding hydrogens is 236 g/mol. The third-order valence-electron chi connectivity index (χ3n) is 4.31. The molecule has 1 fully saturated rings. The molecule has 0 aliphatic heterocycles. The molecular formula is C17H22O2. The Bertz CT molecular complexity index is 469. The van der Waals surface area contributed by atoms with Gasteiger partial charge >= 0.3 is 5.97 Å². The summed E-state index contributed by atoms with van der Waals surface area (Å²) in [5.74, 6) is 1.00. The van der Waals surface area contributed by atoms with E-state index in [1.165, 1.54) is 6.92 Å². The number of rotatable bonds is 5. The highest BCUT2D eigenvalue weighted by Gasteiger charge is 2.54. The van der Waals surface area contributed by atoms with Gasteiger partial charge in [0.15, 0.2) is 0 Å². The Balaban J connectivity index is 2.23. The molecule has 0 spiro atoms. The summed E-state index contributed by atoms with van der Waals surface area (Å²) < 4.78 is 5.46. The van der Waals surface area contributed by atoms with E-state index in [0.29, 0.717) is 11.3 Å². The quantitative estimate of drug-likeness (QED) is 0.577. The molecule has 0 radical (unpaired) electrons. The van der Waals surface area contributed by atoms with Gasteiger partial charge in [0.05, 0.1) is 0 Å². The van der Waals surface area contributed by atoms with Crippen molar-refractivity contribution in [2.75, 3.05) is 0 Å². The van der Waals surface area contributed by atoms with Crippen molar-refractivity contribution in [1.82, 2.24) is 0 Å². The summed E-state index contributed by atoms with van der Waals surface area (Å²) in [6.07, 6.45) is 5.42. The molecule has 0 saturated heterocycles. The molecule has 19 heavy (non-hydrogen) atoms. The first kappa shape index (κ1) is 13.9. The van der Waals surface area contributed by atoms with Crippen molar-refractivity contribution in [1.29, 1.82) is 0 Å². The average molecular weight is 258 g/mol. The minimum absolute atomic E-state index is 0.227. The first-order chi connectivity index (χ1) is 9.11. The standard InChI is InChI=1S/C17H22O2/c1-4-17(5-2)12-15(17)16(19-13(3)18)11-14-9-7-6-8-10-14/h6-11,15H,4-5,12H2,1-3H3/b16-11-. The lowest BCUT2D eigenvalue weighted by molar-refractivity contribution is -0.137. The van der Waals surface area contributed by atoms with Crippen molar-refractivity contribution < 1.29 is 9.53 Å². The van der Waals surface area contributed by atoms with Crippen LogP contribution in [0.1, 0.15) is 45.6 Å². The predicted octanol–water partition coefficient (Wildman–Crippen LogP) is 4.42. The third-order valence-corrected chi connectivity index (χ3v) is 4.31. The molecule has 1 aromatic carbocycles. The summed E-state index contributed by atoms with van der Waals surface area (Å²) in [7, 11) is 0. The van der Waals surface area contributed by atoms with E-state index < -0.39 is 0 Å². The zero-order valence-electron chi connectivity index (χ0n) is 12.0.